The first-order valence-corrected chi connectivity index (χ1v) is 9.84. The van der Waals surface area contributed by atoms with Crippen molar-refractivity contribution in [2.45, 2.75) is 65.1 Å². The van der Waals surface area contributed by atoms with Gasteiger partial charge in [-0.2, -0.15) is 0 Å². The van der Waals surface area contributed by atoms with Crippen molar-refractivity contribution in [2.75, 3.05) is 13.2 Å². The van der Waals surface area contributed by atoms with E-state index in [4.69, 9.17) is 9.47 Å². The Bertz CT molecular complexity index is 592. The minimum Gasteiger partial charge on any atom is -0.353 e. The molecule has 2 aliphatic rings. The summed E-state index contributed by atoms with van der Waals surface area (Å²) in [5.41, 5.74) is 4.63. The molecule has 1 atom stereocenters. The first-order valence-electron chi connectivity index (χ1n) is 9.84. The van der Waals surface area contributed by atoms with E-state index in [0.29, 0.717) is 0 Å². The van der Waals surface area contributed by atoms with Crippen LogP contribution < -0.4 is 0 Å². The average molecular weight is 341 g/mol. The molecule has 25 heavy (non-hydrogen) atoms. The number of unbranched alkanes of at least 4 members (excludes halogenated alkanes) is 1. The third kappa shape index (κ3) is 5.55. The van der Waals surface area contributed by atoms with Gasteiger partial charge in [-0.15, -0.1) is 0 Å². The van der Waals surface area contributed by atoms with E-state index in [1.807, 2.05) is 0 Å². The number of benzene rings is 1. The number of allylic oxidation sites excluding steroid dienone is 4. The SMILES string of the molecule is CC1(C)C=CC(c2ccccc2)=C(CCCCOC2CCCCO2)C1. The third-order valence-corrected chi connectivity index (χ3v) is 5.15. The van der Waals surface area contributed by atoms with Gasteiger partial charge in [0.25, 0.3) is 0 Å². The minimum atomic E-state index is 0.0457. The summed E-state index contributed by atoms with van der Waals surface area (Å²) in [5.74, 6) is 0. The van der Waals surface area contributed by atoms with E-state index in [1.54, 1.807) is 5.57 Å². The molecule has 3 rings (SSSR count). The molecule has 2 heteroatoms. The second kappa shape index (κ2) is 8.82. The van der Waals surface area contributed by atoms with Gasteiger partial charge in [-0.1, -0.05) is 61.9 Å². The van der Waals surface area contributed by atoms with Crippen LogP contribution >= 0.6 is 0 Å². The maximum atomic E-state index is 5.87. The Morgan fingerprint density at radius 2 is 1.96 bits per heavy atom. The molecule has 0 radical (unpaired) electrons. The Kier molecular flexibility index (Phi) is 6.50. The molecule has 1 aliphatic heterocycles. The lowest BCUT2D eigenvalue weighted by molar-refractivity contribution is -0.162. The molecule has 0 saturated carbocycles. The molecule has 136 valence electrons. The lowest BCUT2D eigenvalue weighted by atomic mass is 9.76. The number of hydrogen-bond donors (Lipinski definition) is 0. The summed E-state index contributed by atoms with van der Waals surface area (Å²) in [7, 11) is 0. The summed E-state index contributed by atoms with van der Waals surface area (Å²) in [6, 6.07) is 10.8. The van der Waals surface area contributed by atoms with E-state index in [-0.39, 0.29) is 11.7 Å². The van der Waals surface area contributed by atoms with E-state index in [0.717, 1.165) is 38.9 Å². The van der Waals surface area contributed by atoms with Crippen LogP contribution in [0.5, 0.6) is 0 Å². The van der Waals surface area contributed by atoms with E-state index in [9.17, 15) is 0 Å². The van der Waals surface area contributed by atoms with Crippen LogP contribution in [0.25, 0.3) is 5.57 Å². The van der Waals surface area contributed by atoms with Crippen LogP contribution in [-0.4, -0.2) is 19.5 Å². The highest BCUT2D eigenvalue weighted by Gasteiger charge is 2.23. The maximum Gasteiger partial charge on any atom is 0.157 e. The predicted octanol–water partition coefficient (Wildman–Crippen LogP) is 6.14. The quantitative estimate of drug-likeness (QED) is 0.555. The zero-order chi connectivity index (χ0) is 17.5. The molecule has 1 aromatic carbocycles. The van der Waals surface area contributed by atoms with Gasteiger partial charge in [0, 0.05) is 13.2 Å². The fraction of sp³-hybridized carbons (Fsp3) is 0.565. The average Bonchev–Trinajstić information content (AvgIpc) is 2.62. The van der Waals surface area contributed by atoms with Gasteiger partial charge in [-0.3, -0.25) is 0 Å². The van der Waals surface area contributed by atoms with Gasteiger partial charge in [0.2, 0.25) is 0 Å². The number of hydrogen-bond acceptors (Lipinski definition) is 2. The van der Waals surface area contributed by atoms with Crippen molar-refractivity contribution < 1.29 is 9.47 Å². The second-order valence-electron chi connectivity index (χ2n) is 8.01. The van der Waals surface area contributed by atoms with Gasteiger partial charge in [0.1, 0.15) is 0 Å². The predicted molar refractivity (Wildman–Crippen MR) is 104 cm³/mol. The van der Waals surface area contributed by atoms with Gasteiger partial charge < -0.3 is 9.47 Å². The van der Waals surface area contributed by atoms with Gasteiger partial charge in [-0.25, -0.2) is 0 Å². The Labute approximate surface area is 152 Å². The van der Waals surface area contributed by atoms with Crippen molar-refractivity contribution in [1.29, 1.82) is 0 Å². The summed E-state index contributed by atoms with van der Waals surface area (Å²) in [4.78, 5) is 0. The molecule has 1 fully saturated rings. The van der Waals surface area contributed by atoms with Crippen molar-refractivity contribution >= 4 is 5.57 Å². The normalized spacial score (nSPS) is 23.0. The van der Waals surface area contributed by atoms with Crippen LogP contribution in [0.4, 0.5) is 0 Å². The largest absolute Gasteiger partial charge is 0.353 e. The standard InChI is InChI=1S/C23H32O2/c1-23(2)15-14-21(19-10-4-3-5-11-19)20(18-23)12-6-8-16-24-22-13-7-9-17-25-22/h3-5,10-11,14-15,22H,6-9,12-13,16-18H2,1-2H3. The van der Waals surface area contributed by atoms with Crippen molar-refractivity contribution in [3.05, 3.63) is 53.6 Å². The molecule has 0 spiro atoms. The zero-order valence-electron chi connectivity index (χ0n) is 15.8. The van der Waals surface area contributed by atoms with E-state index >= 15 is 0 Å². The topological polar surface area (TPSA) is 18.5 Å². The monoisotopic (exact) mass is 340 g/mol. The molecule has 0 amide bonds. The highest BCUT2D eigenvalue weighted by molar-refractivity contribution is 5.78. The molecular weight excluding hydrogens is 308 g/mol. The lowest BCUT2D eigenvalue weighted by Crippen LogP contribution is -2.22. The van der Waals surface area contributed by atoms with Crippen molar-refractivity contribution in [2.24, 2.45) is 5.41 Å². The zero-order valence-corrected chi connectivity index (χ0v) is 15.8. The smallest absolute Gasteiger partial charge is 0.157 e. The van der Waals surface area contributed by atoms with Crippen LogP contribution in [-0.2, 0) is 9.47 Å². The summed E-state index contributed by atoms with van der Waals surface area (Å²) >= 11 is 0. The molecule has 1 aliphatic carbocycles. The fourth-order valence-corrected chi connectivity index (χ4v) is 3.77. The highest BCUT2D eigenvalue weighted by Crippen LogP contribution is 2.39. The molecule has 1 aromatic rings. The minimum absolute atomic E-state index is 0.0457. The number of rotatable bonds is 7. The first kappa shape index (κ1) is 18.4. The molecule has 0 N–H and O–H groups in total. The number of ether oxygens (including phenoxy) is 2. The van der Waals surface area contributed by atoms with Crippen molar-refractivity contribution in [3.63, 3.8) is 0 Å². The van der Waals surface area contributed by atoms with Gasteiger partial charge >= 0.3 is 0 Å². The molecule has 1 unspecified atom stereocenters. The third-order valence-electron chi connectivity index (χ3n) is 5.15. The molecule has 2 nitrogen and oxygen atoms in total. The van der Waals surface area contributed by atoms with Crippen LogP contribution in [0.2, 0.25) is 0 Å². The van der Waals surface area contributed by atoms with E-state index < -0.39 is 0 Å². The van der Waals surface area contributed by atoms with Crippen LogP contribution in [0, 0.1) is 5.41 Å². The van der Waals surface area contributed by atoms with Crippen LogP contribution in [0.15, 0.2) is 48.1 Å². The Morgan fingerprint density at radius 1 is 1.12 bits per heavy atom. The Morgan fingerprint density at radius 3 is 2.72 bits per heavy atom. The molecular formula is C23H32O2. The molecule has 1 saturated heterocycles. The van der Waals surface area contributed by atoms with Crippen molar-refractivity contribution in [1.82, 2.24) is 0 Å². The summed E-state index contributed by atoms with van der Waals surface area (Å²) in [5, 5.41) is 0. The van der Waals surface area contributed by atoms with Crippen molar-refractivity contribution in [3.8, 4) is 0 Å². The summed E-state index contributed by atoms with van der Waals surface area (Å²) < 4.78 is 11.5. The summed E-state index contributed by atoms with van der Waals surface area (Å²) in [6.45, 7) is 6.33. The molecule has 0 bridgehead atoms. The van der Waals surface area contributed by atoms with Crippen LogP contribution in [0.1, 0.15) is 64.4 Å². The molecule has 0 aromatic heterocycles. The highest BCUT2D eigenvalue weighted by atomic mass is 16.7. The van der Waals surface area contributed by atoms with Gasteiger partial charge in [0.05, 0.1) is 0 Å². The van der Waals surface area contributed by atoms with E-state index in [1.165, 1.54) is 30.4 Å². The van der Waals surface area contributed by atoms with Crippen LogP contribution in [0.3, 0.4) is 0 Å². The Balaban J connectivity index is 1.53. The maximum absolute atomic E-state index is 5.87. The lowest BCUT2D eigenvalue weighted by Gasteiger charge is -2.29. The summed E-state index contributed by atoms with van der Waals surface area (Å²) in [6.07, 6.45) is 12.8. The first-order chi connectivity index (χ1) is 12.1. The van der Waals surface area contributed by atoms with Gasteiger partial charge in [-0.05, 0) is 61.5 Å². The Hall–Kier alpha value is -1.38. The second-order valence-corrected chi connectivity index (χ2v) is 8.01. The van der Waals surface area contributed by atoms with Gasteiger partial charge in [0.15, 0.2) is 6.29 Å². The fourth-order valence-electron chi connectivity index (χ4n) is 3.77. The molecule has 1 heterocycles. The van der Waals surface area contributed by atoms with E-state index in [2.05, 4.69) is 56.3 Å².